The number of likely N-dealkylation sites (N-methyl/N-ethyl adjacent to an activating group) is 1. The number of rotatable bonds is 1. The third-order valence-electron chi connectivity index (χ3n) is 4.64. The van der Waals surface area contributed by atoms with E-state index in [-0.39, 0.29) is 5.91 Å². The van der Waals surface area contributed by atoms with Crippen LogP contribution in [-0.2, 0) is 0 Å². The minimum Gasteiger partial charge on any atom is -0.336 e. The van der Waals surface area contributed by atoms with Gasteiger partial charge in [0.15, 0.2) is 5.65 Å². The second-order valence-electron chi connectivity index (χ2n) is 6.01. The molecule has 0 saturated carbocycles. The lowest BCUT2D eigenvalue weighted by Crippen LogP contribution is -2.62. The first-order chi connectivity index (χ1) is 10.2. The average molecular weight is 288 g/mol. The van der Waals surface area contributed by atoms with E-state index in [4.69, 9.17) is 0 Å². The van der Waals surface area contributed by atoms with Gasteiger partial charge in [0.2, 0.25) is 0 Å². The van der Waals surface area contributed by atoms with E-state index in [1.807, 2.05) is 11.1 Å². The number of nitrogens with one attached hydrogen (secondary N) is 1. The van der Waals surface area contributed by atoms with E-state index in [0.29, 0.717) is 17.3 Å². The average Bonchev–Trinajstić information content (AvgIpc) is 3.08. The first-order valence-corrected chi connectivity index (χ1v) is 7.44. The van der Waals surface area contributed by atoms with Gasteiger partial charge in [-0.25, -0.2) is 9.50 Å². The third kappa shape index (κ3) is 2.13. The number of amides is 1. The molecule has 0 spiro atoms. The van der Waals surface area contributed by atoms with E-state index in [1.54, 1.807) is 16.9 Å². The van der Waals surface area contributed by atoms with Gasteiger partial charge >= 0.3 is 0 Å². The molecule has 7 heteroatoms. The fraction of sp³-hybridized carbons (Fsp3) is 0.571. The standard InChI is InChI=1S/C14H20N6O/c1-17-4-5-18-6-7-19(10-11(18)9-17)14(21)12-8-16-20-3-2-15-13(12)20/h2-3,8,11,16H,4-7,9-10H2,1H3/t11-/m0/s1. The predicted octanol–water partition coefficient (Wildman–Crippen LogP) is -0.266. The maximum absolute atomic E-state index is 12.7. The molecular formula is C14H20N6O. The van der Waals surface area contributed by atoms with Crippen molar-refractivity contribution in [2.45, 2.75) is 6.04 Å². The van der Waals surface area contributed by atoms with Crippen LogP contribution in [0.25, 0.3) is 5.65 Å². The summed E-state index contributed by atoms with van der Waals surface area (Å²) in [6, 6.07) is 0.455. The normalized spacial score (nSPS) is 24.4. The van der Waals surface area contributed by atoms with E-state index >= 15 is 0 Å². The Morgan fingerprint density at radius 1 is 1.29 bits per heavy atom. The zero-order valence-electron chi connectivity index (χ0n) is 12.2. The Hall–Kier alpha value is -1.86. The molecule has 2 aromatic heterocycles. The molecule has 0 aliphatic carbocycles. The van der Waals surface area contributed by atoms with Crippen LogP contribution in [0.1, 0.15) is 10.4 Å². The summed E-state index contributed by atoms with van der Waals surface area (Å²) >= 11 is 0. The van der Waals surface area contributed by atoms with Crippen LogP contribution in [0.3, 0.4) is 0 Å². The molecule has 0 unspecified atom stereocenters. The van der Waals surface area contributed by atoms with Gasteiger partial charge in [0.1, 0.15) is 5.56 Å². The number of nitrogens with zero attached hydrogens (tertiary/aromatic N) is 5. The molecule has 112 valence electrons. The van der Waals surface area contributed by atoms with Crippen molar-refractivity contribution in [1.82, 2.24) is 29.3 Å². The predicted molar refractivity (Wildman–Crippen MR) is 78.3 cm³/mol. The molecule has 7 nitrogen and oxygen atoms in total. The number of hydrogen-bond acceptors (Lipinski definition) is 4. The van der Waals surface area contributed by atoms with Crippen molar-refractivity contribution in [2.75, 3.05) is 46.3 Å². The lowest BCUT2D eigenvalue weighted by Gasteiger charge is -2.46. The van der Waals surface area contributed by atoms with Crippen LogP contribution in [0.4, 0.5) is 0 Å². The van der Waals surface area contributed by atoms with Gasteiger partial charge < -0.3 is 9.80 Å². The second kappa shape index (κ2) is 4.85. The van der Waals surface area contributed by atoms with Crippen LogP contribution in [0.15, 0.2) is 18.6 Å². The summed E-state index contributed by atoms with van der Waals surface area (Å²) in [4.78, 5) is 23.8. The van der Waals surface area contributed by atoms with Crippen LogP contribution >= 0.6 is 0 Å². The van der Waals surface area contributed by atoms with Crippen molar-refractivity contribution in [3.8, 4) is 0 Å². The SMILES string of the molecule is CN1CCN2CCN(C(=O)c3c[nH]n4ccnc34)C[C@@H]2C1. The Kier molecular flexibility index (Phi) is 2.97. The highest BCUT2D eigenvalue weighted by molar-refractivity contribution is 5.99. The molecule has 2 aliphatic heterocycles. The van der Waals surface area contributed by atoms with Crippen molar-refractivity contribution in [1.29, 1.82) is 0 Å². The summed E-state index contributed by atoms with van der Waals surface area (Å²) in [5.74, 6) is 0.0836. The summed E-state index contributed by atoms with van der Waals surface area (Å²) in [6.45, 7) is 5.85. The van der Waals surface area contributed by atoms with Crippen molar-refractivity contribution in [3.63, 3.8) is 0 Å². The van der Waals surface area contributed by atoms with Crippen molar-refractivity contribution in [3.05, 3.63) is 24.2 Å². The van der Waals surface area contributed by atoms with Gasteiger partial charge in [0, 0.05) is 63.9 Å². The molecule has 2 aromatic rings. The minimum absolute atomic E-state index is 0.0836. The van der Waals surface area contributed by atoms with Crippen LogP contribution in [0.5, 0.6) is 0 Å². The molecule has 1 amide bonds. The van der Waals surface area contributed by atoms with Gasteiger partial charge in [-0.3, -0.25) is 14.8 Å². The molecular weight excluding hydrogens is 268 g/mol. The molecule has 4 heterocycles. The molecule has 0 aromatic carbocycles. The number of aromatic nitrogens is 3. The molecule has 2 fully saturated rings. The Morgan fingerprint density at radius 2 is 2.14 bits per heavy atom. The number of carbonyl (C=O) groups excluding carboxylic acids is 1. The number of H-pyrrole nitrogens is 1. The summed E-state index contributed by atoms with van der Waals surface area (Å²) in [6.07, 6.45) is 5.28. The largest absolute Gasteiger partial charge is 0.336 e. The van der Waals surface area contributed by atoms with Crippen LogP contribution in [-0.4, -0.2) is 87.6 Å². The zero-order chi connectivity index (χ0) is 14.4. The number of hydrogen-bond donors (Lipinski definition) is 1. The number of piperazine rings is 2. The molecule has 4 rings (SSSR count). The molecule has 1 atom stereocenters. The zero-order valence-corrected chi connectivity index (χ0v) is 12.2. The third-order valence-corrected chi connectivity index (χ3v) is 4.64. The summed E-state index contributed by atoms with van der Waals surface area (Å²) in [5.41, 5.74) is 1.38. The number of fused-ring (bicyclic) bond motifs is 2. The van der Waals surface area contributed by atoms with E-state index in [1.165, 1.54) is 0 Å². The van der Waals surface area contributed by atoms with Gasteiger partial charge in [-0.1, -0.05) is 0 Å². The van der Waals surface area contributed by atoms with Crippen LogP contribution in [0, 0.1) is 0 Å². The fourth-order valence-electron chi connectivity index (χ4n) is 3.43. The van der Waals surface area contributed by atoms with Gasteiger partial charge in [-0.15, -0.1) is 0 Å². The van der Waals surface area contributed by atoms with Crippen LogP contribution in [0.2, 0.25) is 0 Å². The van der Waals surface area contributed by atoms with Gasteiger partial charge in [0.05, 0.1) is 0 Å². The van der Waals surface area contributed by atoms with Crippen molar-refractivity contribution in [2.24, 2.45) is 0 Å². The maximum Gasteiger partial charge on any atom is 0.259 e. The van der Waals surface area contributed by atoms with Gasteiger partial charge in [-0.05, 0) is 7.05 Å². The van der Waals surface area contributed by atoms with Crippen LogP contribution < -0.4 is 0 Å². The number of aromatic amines is 1. The Bertz CT molecular complexity index is 661. The van der Waals surface area contributed by atoms with Gasteiger partial charge in [0.25, 0.3) is 5.91 Å². The first kappa shape index (κ1) is 12.8. The number of imidazole rings is 1. The molecule has 2 saturated heterocycles. The Morgan fingerprint density at radius 3 is 3.05 bits per heavy atom. The smallest absolute Gasteiger partial charge is 0.259 e. The van der Waals surface area contributed by atoms with Crippen molar-refractivity contribution < 1.29 is 4.79 Å². The Balaban J connectivity index is 1.54. The fourth-order valence-corrected chi connectivity index (χ4v) is 3.43. The Labute approximate surface area is 123 Å². The highest BCUT2D eigenvalue weighted by Crippen LogP contribution is 2.18. The highest BCUT2D eigenvalue weighted by atomic mass is 16.2. The van der Waals surface area contributed by atoms with Crippen molar-refractivity contribution >= 4 is 11.6 Å². The van der Waals surface area contributed by atoms with Gasteiger partial charge in [-0.2, -0.15) is 0 Å². The molecule has 1 N–H and O–H groups in total. The lowest BCUT2D eigenvalue weighted by molar-refractivity contribution is 0.0191. The maximum atomic E-state index is 12.7. The second-order valence-corrected chi connectivity index (χ2v) is 6.01. The number of carbonyl (C=O) groups is 1. The van der Waals surface area contributed by atoms with E-state index in [2.05, 4.69) is 26.9 Å². The highest BCUT2D eigenvalue weighted by Gasteiger charge is 2.33. The quantitative estimate of drug-likeness (QED) is 0.785. The molecule has 21 heavy (non-hydrogen) atoms. The molecule has 2 aliphatic rings. The van der Waals surface area contributed by atoms with E-state index in [0.717, 1.165) is 39.3 Å². The van der Waals surface area contributed by atoms with E-state index < -0.39 is 0 Å². The first-order valence-electron chi connectivity index (χ1n) is 7.44. The minimum atomic E-state index is 0.0836. The van der Waals surface area contributed by atoms with E-state index in [9.17, 15) is 4.79 Å². The summed E-state index contributed by atoms with van der Waals surface area (Å²) in [7, 11) is 2.15. The topological polar surface area (TPSA) is 59.9 Å². The summed E-state index contributed by atoms with van der Waals surface area (Å²) < 4.78 is 1.78. The monoisotopic (exact) mass is 288 g/mol. The molecule has 0 bridgehead atoms. The summed E-state index contributed by atoms with van der Waals surface area (Å²) in [5, 5.41) is 3.04. The molecule has 0 radical (unpaired) electrons. The lowest BCUT2D eigenvalue weighted by atomic mass is 10.1.